The first-order valence-corrected chi connectivity index (χ1v) is 5.77. The zero-order chi connectivity index (χ0) is 12.3. The fourth-order valence-electron chi connectivity index (χ4n) is 2.03. The van der Waals surface area contributed by atoms with Gasteiger partial charge in [0.25, 0.3) is 0 Å². The first-order chi connectivity index (χ1) is 8.22. The number of aromatic nitrogens is 2. The maximum absolute atomic E-state index is 11.2. The van der Waals surface area contributed by atoms with Gasteiger partial charge in [0.05, 0.1) is 23.6 Å². The number of hydrogen-bond donors (Lipinski definition) is 1. The van der Waals surface area contributed by atoms with Crippen molar-refractivity contribution in [1.82, 2.24) is 9.78 Å². The van der Waals surface area contributed by atoms with E-state index in [0.29, 0.717) is 6.04 Å². The summed E-state index contributed by atoms with van der Waals surface area (Å²) in [6.45, 7) is 6.94. The summed E-state index contributed by atoms with van der Waals surface area (Å²) in [7, 11) is 0. The molecule has 1 amide bonds. The normalized spacial score (nSPS) is 16.8. The predicted molar refractivity (Wildman–Crippen MR) is 64.9 cm³/mol. The molecule has 1 aromatic rings. The molecule has 17 heavy (non-hydrogen) atoms. The fourth-order valence-corrected chi connectivity index (χ4v) is 2.03. The van der Waals surface area contributed by atoms with E-state index in [9.17, 15) is 4.79 Å². The molecule has 1 saturated heterocycles. The molecule has 0 aliphatic carbocycles. The van der Waals surface area contributed by atoms with Crippen LogP contribution >= 0.6 is 0 Å². The first-order valence-electron chi connectivity index (χ1n) is 5.77. The average molecular weight is 235 g/mol. The van der Waals surface area contributed by atoms with Crippen molar-refractivity contribution in [3.8, 4) is 0 Å². The number of amides is 1. The summed E-state index contributed by atoms with van der Waals surface area (Å²) in [6.07, 6.45) is 4.88. The van der Waals surface area contributed by atoms with Gasteiger partial charge in [-0.15, -0.1) is 0 Å². The lowest BCUT2D eigenvalue weighted by Gasteiger charge is -2.23. The molecule has 0 unspecified atom stereocenters. The van der Waals surface area contributed by atoms with Gasteiger partial charge in [-0.2, -0.15) is 5.10 Å². The number of nitrogens with one attached hydrogen (secondary N) is 1. The van der Waals surface area contributed by atoms with Gasteiger partial charge in [0.2, 0.25) is 5.91 Å². The summed E-state index contributed by atoms with van der Waals surface area (Å²) in [4.78, 5) is 11.2. The maximum atomic E-state index is 11.2. The Bertz CT molecular complexity index is 419. The SMILES string of the molecule is C=CC(=O)Nc1cnn(C2CCOCC2)c1C. The first kappa shape index (κ1) is 11.9. The molecule has 1 aliphatic heterocycles. The monoisotopic (exact) mass is 235 g/mol. The molecule has 2 heterocycles. The maximum Gasteiger partial charge on any atom is 0.247 e. The molecule has 92 valence electrons. The van der Waals surface area contributed by atoms with E-state index in [1.54, 1.807) is 6.20 Å². The number of nitrogens with zero attached hydrogens (tertiary/aromatic N) is 2. The summed E-state index contributed by atoms with van der Waals surface area (Å²) in [6, 6.07) is 0.373. The van der Waals surface area contributed by atoms with Gasteiger partial charge in [0, 0.05) is 13.2 Å². The van der Waals surface area contributed by atoms with Crippen molar-refractivity contribution in [2.75, 3.05) is 18.5 Å². The van der Waals surface area contributed by atoms with E-state index in [2.05, 4.69) is 17.0 Å². The summed E-state index contributed by atoms with van der Waals surface area (Å²) in [5, 5.41) is 7.09. The fraction of sp³-hybridized carbons (Fsp3) is 0.500. The van der Waals surface area contributed by atoms with Crippen LogP contribution in [0.4, 0.5) is 5.69 Å². The third-order valence-electron chi connectivity index (χ3n) is 3.02. The van der Waals surface area contributed by atoms with Crippen LogP contribution in [0.1, 0.15) is 24.6 Å². The van der Waals surface area contributed by atoms with Crippen LogP contribution in [0.3, 0.4) is 0 Å². The van der Waals surface area contributed by atoms with E-state index in [-0.39, 0.29) is 5.91 Å². The van der Waals surface area contributed by atoms with Gasteiger partial charge in [-0.1, -0.05) is 6.58 Å². The molecule has 0 atom stereocenters. The van der Waals surface area contributed by atoms with Crippen LogP contribution in [-0.4, -0.2) is 28.9 Å². The van der Waals surface area contributed by atoms with Gasteiger partial charge in [-0.05, 0) is 25.8 Å². The molecular weight excluding hydrogens is 218 g/mol. The van der Waals surface area contributed by atoms with Gasteiger partial charge < -0.3 is 10.1 Å². The highest BCUT2D eigenvalue weighted by atomic mass is 16.5. The van der Waals surface area contributed by atoms with Crippen molar-refractivity contribution in [1.29, 1.82) is 0 Å². The quantitative estimate of drug-likeness (QED) is 0.811. The average Bonchev–Trinajstić information content (AvgIpc) is 2.72. The van der Waals surface area contributed by atoms with E-state index in [1.165, 1.54) is 6.08 Å². The van der Waals surface area contributed by atoms with Crippen molar-refractivity contribution >= 4 is 11.6 Å². The molecule has 1 N–H and O–H groups in total. The summed E-state index contributed by atoms with van der Waals surface area (Å²) in [5.41, 5.74) is 1.73. The molecule has 0 bridgehead atoms. The Balaban J connectivity index is 2.13. The van der Waals surface area contributed by atoms with Crippen LogP contribution in [0.2, 0.25) is 0 Å². The predicted octanol–water partition coefficient (Wildman–Crippen LogP) is 1.67. The Kier molecular flexibility index (Phi) is 3.58. The molecule has 2 rings (SSSR count). The molecule has 5 heteroatoms. The van der Waals surface area contributed by atoms with E-state index in [1.807, 2.05) is 11.6 Å². The van der Waals surface area contributed by atoms with Crippen LogP contribution in [0, 0.1) is 6.92 Å². The lowest BCUT2D eigenvalue weighted by atomic mass is 10.1. The standard InChI is InChI=1S/C12H17N3O2/c1-3-12(16)14-11-8-13-15(9(11)2)10-4-6-17-7-5-10/h3,8,10H,1,4-7H2,2H3,(H,14,16). The number of ether oxygens (including phenoxy) is 1. The minimum atomic E-state index is -0.209. The molecule has 0 saturated carbocycles. The van der Waals surface area contributed by atoms with Gasteiger partial charge >= 0.3 is 0 Å². The van der Waals surface area contributed by atoms with E-state index in [4.69, 9.17) is 4.74 Å². The Morgan fingerprint density at radius 1 is 1.65 bits per heavy atom. The van der Waals surface area contributed by atoms with Crippen molar-refractivity contribution < 1.29 is 9.53 Å². The van der Waals surface area contributed by atoms with Gasteiger partial charge in [-0.25, -0.2) is 0 Å². The Hall–Kier alpha value is -1.62. The third kappa shape index (κ3) is 2.55. The van der Waals surface area contributed by atoms with E-state index >= 15 is 0 Å². The molecule has 5 nitrogen and oxygen atoms in total. The molecule has 0 aromatic carbocycles. The zero-order valence-electron chi connectivity index (χ0n) is 9.98. The van der Waals surface area contributed by atoms with Crippen LogP contribution in [0.25, 0.3) is 0 Å². The summed E-state index contributed by atoms with van der Waals surface area (Å²) >= 11 is 0. The van der Waals surface area contributed by atoms with Crippen LogP contribution in [0.15, 0.2) is 18.9 Å². The van der Waals surface area contributed by atoms with Crippen LogP contribution < -0.4 is 5.32 Å². The number of rotatable bonds is 3. The van der Waals surface area contributed by atoms with Crippen molar-refractivity contribution in [3.05, 3.63) is 24.5 Å². The third-order valence-corrected chi connectivity index (χ3v) is 3.02. The zero-order valence-corrected chi connectivity index (χ0v) is 9.98. The highest BCUT2D eigenvalue weighted by Crippen LogP contribution is 2.25. The Morgan fingerprint density at radius 3 is 3.00 bits per heavy atom. The van der Waals surface area contributed by atoms with Crippen LogP contribution in [-0.2, 0) is 9.53 Å². The number of carbonyl (C=O) groups excluding carboxylic acids is 1. The summed E-state index contributed by atoms with van der Waals surface area (Å²) < 4.78 is 7.30. The smallest absolute Gasteiger partial charge is 0.247 e. The minimum absolute atomic E-state index is 0.209. The second-order valence-corrected chi connectivity index (χ2v) is 4.13. The van der Waals surface area contributed by atoms with Gasteiger partial charge in [-0.3, -0.25) is 9.48 Å². The molecule has 1 aliphatic rings. The van der Waals surface area contributed by atoms with Gasteiger partial charge in [0.1, 0.15) is 0 Å². The molecular formula is C12H17N3O2. The minimum Gasteiger partial charge on any atom is -0.381 e. The Morgan fingerprint density at radius 2 is 2.35 bits per heavy atom. The lowest BCUT2D eigenvalue weighted by molar-refractivity contribution is -0.111. The summed E-state index contributed by atoms with van der Waals surface area (Å²) in [5.74, 6) is -0.209. The lowest BCUT2D eigenvalue weighted by Crippen LogP contribution is -2.21. The van der Waals surface area contributed by atoms with Crippen molar-refractivity contribution in [2.24, 2.45) is 0 Å². The topological polar surface area (TPSA) is 56.2 Å². The van der Waals surface area contributed by atoms with Crippen LogP contribution in [0.5, 0.6) is 0 Å². The molecule has 1 aromatic heterocycles. The second-order valence-electron chi connectivity index (χ2n) is 4.13. The van der Waals surface area contributed by atoms with Crippen molar-refractivity contribution in [2.45, 2.75) is 25.8 Å². The second kappa shape index (κ2) is 5.14. The Labute approximate surface area is 100 Å². The van der Waals surface area contributed by atoms with Crippen molar-refractivity contribution in [3.63, 3.8) is 0 Å². The molecule has 0 radical (unpaired) electrons. The molecule has 1 fully saturated rings. The number of anilines is 1. The van der Waals surface area contributed by atoms with Gasteiger partial charge in [0.15, 0.2) is 0 Å². The number of hydrogen-bond acceptors (Lipinski definition) is 3. The van der Waals surface area contributed by atoms with E-state index in [0.717, 1.165) is 37.4 Å². The highest BCUT2D eigenvalue weighted by Gasteiger charge is 2.19. The highest BCUT2D eigenvalue weighted by molar-refractivity contribution is 5.99. The van der Waals surface area contributed by atoms with E-state index < -0.39 is 0 Å². The largest absolute Gasteiger partial charge is 0.381 e. The number of carbonyl (C=O) groups is 1. The molecule has 0 spiro atoms.